The lowest BCUT2D eigenvalue weighted by molar-refractivity contribution is -0.149. The molecule has 0 spiro atoms. The number of hydrogen-bond acceptors (Lipinski definition) is 4. The first kappa shape index (κ1) is 15.9. The van der Waals surface area contributed by atoms with Crippen molar-refractivity contribution in [2.24, 2.45) is 5.92 Å². The number of ether oxygens (including phenoxy) is 2. The third-order valence-electron chi connectivity index (χ3n) is 3.50. The fourth-order valence-corrected chi connectivity index (χ4v) is 2.46. The predicted octanol–water partition coefficient (Wildman–Crippen LogP) is 1.71. The Balaban J connectivity index is 2.20. The summed E-state index contributed by atoms with van der Waals surface area (Å²) in [5.41, 5.74) is 0. The Morgan fingerprint density at radius 3 is 2.22 bits per heavy atom. The number of nitrogens with one attached hydrogen (secondary N) is 1. The molecule has 0 unspecified atom stereocenters. The van der Waals surface area contributed by atoms with Crippen LogP contribution in [-0.2, 0) is 9.47 Å². The zero-order valence-electron chi connectivity index (χ0n) is 12.3. The Bertz CT molecular complexity index is 188. The molecule has 0 aromatic carbocycles. The van der Waals surface area contributed by atoms with Gasteiger partial charge in [-0.2, -0.15) is 0 Å². The van der Waals surface area contributed by atoms with Crippen LogP contribution in [0.5, 0.6) is 0 Å². The van der Waals surface area contributed by atoms with Crippen molar-refractivity contribution >= 4 is 0 Å². The molecule has 4 heteroatoms. The molecule has 1 heterocycles. The Hall–Kier alpha value is -0.160. The van der Waals surface area contributed by atoms with E-state index in [1.54, 1.807) is 0 Å². The van der Waals surface area contributed by atoms with E-state index in [0.29, 0.717) is 0 Å². The Morgan fingerprint density at radius 2 is 1.72 bits per heavy atom. The lowest BCUT2D eigenvalue weighted by atomic mass is 9.97. The van der Waals surface area contributed by atoms with Crippen molar-refractivity contribution in [3.8, 4) is 0 Å². The van der Waals surface area contributed by atoms with E-state index >= 15 is 0 Å². The highest BCUT2D eigenvalue weighted by Crippen LogP contribution is 2.17. The molecule has 1 N–H and O–H groups in total. The minimum Gasteiger partial charge on any atom is -0.352 e. The van der Waals surface area contributed by atoms with E-state index in [4.69, 9.17) is 9.47 Å². The van der Waals surface area contributed by atoms with Gasteiger partial charge in [-0.15, -0.1) is 0 Å². The highest BCUT2D eigenvalue weighted by molar-refractivity contribution is 4.74. The second-order valence-corrected chi connectivity index (χ2v) is 4.89. The van der Waals surface area contributed by atoms with Gasteiger partial charge in [0.15, 0.2) is 6.29 Å². The first-order valence-corrected chi connectivity index (χ1v) is 7.46. The number of rotatable bonds is 9. The predicted molar refractivity (Wildman–Crippen MR) is 74.7 cm³/mol. The van der Waals surface area contributed by atoms with E-state index in [1.165, 1.54) is 32.5 Å². The summed E-state index contributed by atoms with van der Waals surface area (Å²) in [6.45, 7) is 13.2. The van der Waals surface area contributed by atoms with Crippen LogP contribution in [0, 0.1) is 5.92 Å². The van der Waals surface area contributed by atoms with Gasteiger partial charge in [0, 0.05) is 19.8 Å². The van der Waals surface area contributed by atoms with Gasteiger partial charge in [0.1, 0.15) is 0 Å². The number of hydrogen-bond donors (Lipinski definition) is 1. The molecule has 1 aliphatic rings. The van der Waals surface area contributed by atoms with Gasteiger partial charge < -0.3 is 14.8 Å². The minimum atomic E-state index is -0.0506. The third-order valence-corrected chi connectivity index (χ3v) is 3.50. The molecule has 1 fully saturated rings. The first-order valence-electron chi connectivity index (χ1n) is 7.46. The summed E-state index contributed by atoms with van der Waals surface area (Å²) in [5, 5.41) is 3.45. The largest absolute Gasteiger partial charge is 0.352 e. The molecule has 0 atom stereocenters. The normalized spacial score (nSPS) is 18.7. The summed E-state index contributed by atoms with van der Waals surface area (Å²) in [7, 11) is 0. The molecule has 0 aliphatic carbocycles. The van der Waals surface area contributed by atoms with Gasteiger partial charge in [-0.05, 0) is 58.8 Å². The molecule has 1 rings (SSSR count). The van der Waals surface area contributed by atoms with Crippen LogP contribution in [0.25, 0.3) is 0 Å². The SMILES string of the molecule is CCNCC1CCN(CC(OCC)OCC)CC1. The average molecular weight is 258 g/mol. The van der Waals surface area contributed by atoms with E-state index < -0.39 is 0 Å². The topological polar surface area (TPSA) is 33.7 Å². The summed E-state index contributed by atoms with van der Waals surface area (Å²) in [5.74, 6) is 0.846. The van der Waals surface area contributed by atoms with Gasteiger partial charge in [0.2, 0.25) is 0 Å². The maximum atomic E-state index is 5.60. The molecule has 0 bridgehead atoms. The monoisotopic (exact) mass is 258 g/mol. The summed E-state index contributed by atoms with van der Waals surface area (Å²) in [6.07, 6.45) is 2.53. The van der Waals surface area contributed by atoms with Gasteiger partial charge in [0.25, 0.3) is 0 Å². The van der Waals surface area contributed by atoms with Crippen LogP contribution in [-0.4, -0.2) is 57.1 Å². The summed E-state index contributed by atoms with van der Waals surface area (Å²) in [4.78, 5) is 2.47. The molecule has 0 radical (unpaired) electrons. The minimum absolute atomic E-state index is 0.0506. The summed E-state index contributed by atoms with van der Waals surface area (Å²) in [6, 6.07) is 0. The molecule has 108 valence electrons. The molecule has 0 saturated carbocycles. The quantitative estimate of drug-likeness (QED) is 0.638. The maximum absolute atomic E-state index is 5.60. The van der Waals surface area contributed by atoms with Crippen molar-refractivity contribution in [1.82, 2.24) is 10.2 Å². The van der Waals surface area contributed by atoms with E-state index in [0.717, 1.165) is 32.2 Å². The van der Waals surface area contributed by atoms with Crippen molar-refractivity contribution in [2.45, 2.75) is 39.9 Å². The Kier molecular flexibility index (Phi) is 8.59. The highest BCUT2D eigenvalue weighted by Gasteiger charge is 2.21. The van der Waals surface area contributed by atoms with Gasteiger partial charge in [-0.1, -0.05) is 6.92 Å². The maximum Gasteiger partial charge on any atom is 0.170 e. The van der Waals surface area contributed by atoms with Crippen LogP contribution in [0.15, 0.2) is 0 Å². The Labute approximate surface area is 112 Å². The van der Waals surface area contributed by atoms with Crippen LogP contribution in [0.1, 0.15) is 33.6 Å². The van der Waals surface area contributed by atoms with Crippen molar-refractivity contribution in [3.63, 3.8) is 0 Å². The second-order valence-electron chi connectivity index (χ2n) is 4.89. The van der Waals surface area contributed by atoms with E-state index in [2.05, 4.69) is 17.1 Å². The standard InChI is InChI=1S/C14H30N2O2/c1-4-15-11-13-7-9-16(10-8-13)12-14(17-5-2)18-6-3/h13-15H,4-12H2,1-3H3. The van der Waals surface area contributed by atoms with Gasteiger partial charge >= 0.3 is 0 Å². The first-order chi connectivity index (χ1) is 8.80. The van der Waals surface area contributed by atoms with Crippen LogP contribution < -0.4 is 5.32 Å². The molecule has 0 aromatic heterocycles. The van der Waals surface area contributed by atoms with Crippen LogP contribution in [0.4, 0.5) is 0 Å². The zero-order valence-corrected chi connectivity index (χ0v) is 12.3. The van der Waals surface area contributed by atoms with Gasteiger partial charge in [-0.3, -0.25) is 4.90 Å². The third kappa shape index (κ3) is 6.14. The molecular weight excluding hydrogens is 228 g/mol. The lowest BCUT2D eigenvalue weighted by Crippen LogP contribution is -2.42. The van der Waals surface area contributed by atoms with Crippen molar-refractivity contribution < 1.29 is 9.47 Å². The molecule has 1 saturated heterocycles. The second kappa shape index (κ2) is 9.73. The summed E-state index contributed by atoms with van der Waals surface area (Å²) < 4.78 is 11.2. The zero-order chi connectivity index (χ0) is 13.2. The Morgan fingerprint density at radius 1 is 1.11 bits per heavy atom. The van der Waals surface area contributed by atoms with Crippen LogP contribution in [0.3, 0.4) is 0 Å². The molecule has 1 aliphatic heterocycles. The van der Waals surface area contributed by atoms with Gasteiger partial charge in [-0.25, -0.2) is 0 Å². The molecule has 4 nitrogen and oxygen atoms in total. The average Bonchev–Trinajstić information content (AvgIpc) is 2.38. The molecular formula is C14H30N2O2. The molecule has 18 heavy (non-hydrogen) atoms. The van der Waals surface area contributed by atoms with E-state index in [9.17, 15) is 0 Å². The number of likely N-dealkylation sites (tertiary alicyclic amines) is 1. The van der Waals surface area contributed by atoms with Crippen LogP contribution >= 0.6 is 0 Å². The lowest BCUT2D eigenvalue weighted by Gasteiger charge is -2.34. The molecule has 0 amide bonds. The highest BCUT2D eigenvalue weighted by atomic mass is 16.7. The smallest absolute Gasteiger partial charge is 0.170 e. The fourth-order valence-electron chi connectivity index (χ4n) is 2.46. The van der Waals surface area contributed by atoms with Crippen molar-refractivity contribution in [1.29, 1.82) is 0 Å². The van der Waals surface area contributed by atoms with E-state index in [1.807, 2.05) is 13.8 Å². The van der Waals surface area contributed by atoms with Crippen LogP contribution in [0.2, 0.25) is 0 Å². The van der Waals surface area contributed by atoms with Gasteiger partial charge in [0.05, 0.1) is 0 Å². The number of piperidine rings is 1. The van der Waals surface area contributed by atoms with Crippen molar-refractivity contribution in [3.05, 3.63) is 0 Å². The molecule has 0 aromatic rings. The number of nitrogens with zero attached hydrogens (tertiary/aromatic N) is 1. The van der Waals surface area contributed by atoms with E-state index in [-0.39, 0.29) is 6.29 Å². The fraction of sp³-hybridized carbons (Fsp3) is 1.00. The van der Waals surface area contributed by atoms with Crippen molar-refractivity contribution in [2.75, 3.05) is 45.9 Å². The summed E-state index contributed by atoms with van der Waals surface area (Å²) >= 11 is 0.